The zero-order valence-electron chi connectivity index (χ0n) is 18.2. The Morgan fingerprint density at radius 2 is 1.25 bits per heavy atom. The van der Waals surface area contributed by atoms with Crippen molar-refractivity contribution in [3.63, 3.8) is 0 Å². The van der Waals surface area contributed by atoms with Crippen molar-refractivity contribution in [2.45, 2.75) is 90.9 Å². The van der Waals surface area contributed by atoms with Crippen LogP contribution >= 0.6 is 0 Å². The normalized spacial score (nSPS) is 11.2. The van der Waals surface area contributed by atoms with Crippen LogP contribution in [0, 0.1) is 0 Å². The fourth-order valence-corrected chi connectivity index (χ4v) is 3.50. The van der Waals surface area contributed by atoms with E-state index in [2.05, 4.69) is 30.9 Å². The van der Waals surface area contributed by atoms with Gasteiger partial charge >= 0.3 is 5.97 Å². The third kappa shape index (κ3) is 11.8. The molecule has 1 N–H and O–H groups in total. The number of hydrogen-bond acceptors (Lipinski definition) is 2. The Morgan fingerprint density at radius 1 is 0.786 bits per heavy atom. The zero-order chi connectivity index (χ0) is 20.5. The van der Waals surface area contributed by atoms with Crippen molar-refractivity contribution in [2.24, 2.45) is 0 Å². The summed E-state index contributed by atoms with van der Waals surface area (Å²) in [5, 5.41) is 8.77. The van der Waals surface area contributed by atoms with E-state index >= 15 is 0 Å². The number of benzene rings is 1. The molecule has 0 aliphatic carbocycles. The number of hydrogen-bond donors (Lipinski definition) is 1. The Hall–Kier alpha value is -1.77. The van der Waals surface area contributed by atoms with E-state index in [1.807, 2.05) is 12.1 Å². The number of rotatable bonds is 17. The minimum Gasteiger partial charge on any atom is -0.478 e. The predicted molar refractivity (Wildman–Crippen MR) is 122 cm³/mol. The van der Waals surface area contributed by atoms with E-state index in [-0.39, 0.29) is 0 Å². The second-order valence-corrected chi connectivity index (χ2v) is 7.79. The third-order valence-corrected chi connectivity index (χ3v) is 5.24. The first kappa shape index (κ1) is 24.3. The number of carboxylic acids is 1. The van der Waals surface area contributed by atoms with Crippen molar-refractivity contribution in [3.05, 3.63) is 35.9 Å². The Kier molecular flexibility index (Phi) is 14.0. The molecule has 0 aliphatic heterocycles. The van der Waals surface area contributed by atoms with Crippen LogP contribution in [0.25, 0.3) is 6.08 Å². The topological polar surface area (TPSA) is 40.5 Å². The minimum absolute atomic E-state index is 0.906. The van der Waals surface area contributed by atoms with Crippen LogP contribution in [0.15, 0.2) is 30.3 Å². The number of carboxylic acid groups (broad SMARTS) is 1. The molecule has 0 atom stereocenters. The molecule has 1 aromatic rings. The average Bonchev–Trinajstić information content (AvgIpc) is 2.70. The molecule has 0 radical (unpaired) electrons. The molecule has 0 saturated carbocycles. The van der Waals surface area contributed by atoms with E-state index in [4.69, 9.17) is 5.11 Å². The van der Waals surface area contributed by atoms with E-state index in [0.29, 0.717) is 0 Å². The maximum atomic E-state index is 10.7. The molecule has 0 amide bonds. The van der Waals surface area contributed by atoms with Gasteiger partial charge in [0, 0.05) is 24.9 Å². The molecule has 3 nitrogen and oxygen atoms in total. The second-order valence-electron chi connectivity index (χ2n) is 7.79. The van der Waals surface area contributed by atoms with Crippen LogP contribution in [0.1, 0.15) is 96.5 Å². The summed E-state index contributed by atoms with van der Waals surface area (Å²) in [4.78, 5) is 13.2. The number of nitrogens with zero attached hydrogens (tertiary/aromatic N) is 1. The summed E-state index contributed by atoms with van der Waals surface area (Å²) >= 11 is 0. The van der Waals surface area contributed by atoms with Gasteiger partial charge in [0.15, 0.2) is 0 Å². The highest BCUT2D eigenvalue weighted by atomic mass is 16.4. The fraction of sp³-hybridized carbons (Fsp3) is 0.640. The van der Waals surface area contributed by atoms with Crippen molar-refractivity contribution in [2.75, 3.05) is 18.0 Å². The monoisotopic (exact) mass is 387 g/mol. The molecule has 158 valence electrons. The summed E-state index contributed by atoms with van der Waals surface area (Å²) in [6.07, 6.45) is 18.7. The Morgan fingerprint density at radius 3 is 1.71 bits per heavy atom. The highest BCUT2D eigenvalue weighted by Crippen LogP contribution is 2.19. The lowest BCUT2D eigenvalue weighted by Crippen LogP contribution is -2.25. The highest BCUT2D eigenvalue weighted by Gasteiger charge is 2.06. The maximum Gasteiger partial charge on any atom is 0.328 e. The summed E-state index contributed by atoms with van der Waals surface area (Å²) in [7, 11) is 0. The molecule has 28 heavy (non-hydrogen) atoms. The van der Waals surface area contributed by atoms with E-state index < -0.39 is 5.97 Å². The van der Waals surface area contributed by atoms with E-state index in [1.165, 1.54) is 88.8 Å². The lowest BCUT2D eigenvalue weighted by molar-refractivity contribution is -0.131. The summed E-state index contributed by atoms with van der Waals surface area (Å²) in [5.41, 5.74) is 2.19. The Labute approximate surface area is 172 Å². The van der Waals surface area contributed by atoms with Crippen molar-refractivity contribution >= 4 is 17.7 Å². The first-order valence-corrected chi connectivity index (χ1v) is 11.4. The number of carbonyl (C=O) groups is 1. The van der Waals surface area contributed by atoms with Gasteiger partial charge in [-0.2, -0.15) is 0 Å². The first-order valence-electron chi connectivity index (χ1n) is 11.4. The van der Waals surface area contributed by atoms with E-state index in [9.17, 15) is 4.79 Å². The van der Waals surface area contributed by atoms with Gasteiger partial charge in [0.1, 0.15) is 0 Å². The molecule has 0 spiro atoms. The second kappa shape index (κ2) is 16.2. The summed E-state index contributed by atoms with van der Waals surface area (Å²) in [6, 6.07) is 8.31. The highest BCUT2D eigenvalue weighted by molar-refractivity contribution is 5.85. The molecule has 0 aromatic heterocycles. The molecule has 0 heterocycles. The van der Waals surface area contributed by atoms with Gasteiger partial charge in [0.2, 0.25) is 0 Å². The van der Waals surface area contributed by atoms with E-state index in [1.54, 1.807) is 6.08 Å². The van der Waals surface area contributed by atoms with Crippen LogP contribution in [0.2, 0.25) is 0 Å². The molecule has 0 bridgehead atoms. The number of anilines is 1. The third-order valence-electron chi connectivity index (χ3n) is 5.24. The number of unbranched alkanes of at least 4 members (excludes halogenated alkanes) is 10. The molecular formula is C25H41NO2. The molecule has 1 rings (SSSR count). The average molecular weight is 388 g/mol. The first-order chi connectivity index (χ1) is 13.7. The SMILES string of the molecule is CCCCCCCCN(CCCCCCCC)c1ccc(/C=C/C(=O)O)cc1. The van der Waals surface area contributed by atoms with Crippen LogP contribution in [0.4, 0.5) is 5.69 Å². The predicted octanol–water partition coefficient (Wildman–Crippen LogP) is 7.31. The molecule has 1 aromatic carbocycles. The van der Waals surface area contributed by atoms with Crippen LogP contribution in [0.5, 0.6) is 0 Å². The van der Waals surface area contributed by atoms with Crippen molar-refractivity contribution in [1.29, 1.82) is 0 Å². The van der Waals surface area contributed by atoms with Gasteiger partial charge in [-0.25, -0.2) is 4.79 Å². The fourth-order valence-electron chi connectivity index (χ4n) is 3.50. The van der Waals surface area contributed by atoms with Crippen molar-refractivity contribution in [1.82, 2.24) is 0 Å². The van der Waals surface area contributed by atoms with Crippen LogP contribution in [-0.4, -0.2) is 24.2 Å². The van der Waals surface area contributed by atoms with Gasteiger partial charge in [-0.1, -0.05) is 90.2 Å². The van der Waals surface area contributed by atoms with Gasteiger partial charge in [-0.15, -0.1) is 0 Å². The maximum absolute atomic E-state index is 10.7. The molecule has 0 unspecified atom stereocenters. The van der Waals surface area contributed by atoms with Crippen LogP contribution < -0.4 is 4.90 Å². The molecule has 0 fully saturated rings. The molecule has 0 aliphatic rings. The summed E-state index contributed by atoms with van der Waals surface area (Å²) in [5.74, 6) is -0.906. The lowest BCUT2D eigenvalue weighted by atomic mass is 10.1. The smallest absolute Gasteiger partial charge is 0.328 e. The van der Waals surface area contributed by atoms with Crippen molar-refractivity contribution in [3.8, 4) is 0 Å². The molecule has 3 heteroatoms. The minimum atomic E-state index is -0.906. The number of aliphatic carboxylic acids is 1. The van der Waals surface area contributed by atoms with Gasteiger partial charge in [-0.3, -0.25) is 0 Å². The molecule has 0 saturated heterocycles. The zero-order valence-corrected chi connectivity index (χ0v) is 18.2. The van der Waals surface area contributed by atoms with Gasteiger partial charge in [-0.05, 0) is 36.6 Å². The van der Waals surface area contributed by atoms with Crippen LogP contribution in [-0.2, 0) is 4.79 Å². The Balaban J connectivity index is 2.53. The largest absolute Gasteiger partial charge is 0.478 e. The lowest BCUT2D eigenvalue weighted by Gasteiger charge is -2.25. The van der Waals surface area contributed by atoms with E-state index in [0.717, 1.165) is 18.7 Å². The van der Waals surface area contributed by atoms with Crippen molar-refractivity contribution < 1.29 is 9.90 Å². The van der Waals surface area contributed by atoms with Crippen LogP contribution in [0.3, 0.4) is 0 Å². The van der Waals surface area contributed by atoms with Gasteiger partial charge in [0.05, 0.1) is 0 Å². The van der Waals surface area contributed by atoms with Gasteiger partial charge < -0.3 is 10.0 Å². The quantitative estimate of drug-likeness (QED) is 0.225. The van der Waals surface area contributed by atoms with Gasteiger partial charge in [0.25, 0.3) is 0 Å². The molecular weight excluding hydrogens is 346 g/mol. The standard InChI is InChI=1S/C25H41NO2/c1-3-5-7-9-11-13-21-26(22-14-12-10-8-6-4-2)24-18-15-23(16-19-24)17-20-25(27)28/h15-20H,3-14,21-22H2,1-2H3,(H,27,28)/b20-17+. The summed E-state index contributed by atoms with van der Waals surface area (Å²) in [6.45, 7) is 6.76. The summed E-state index contributed by atoms with van der Waals surface area (Å²) < 4.78 is 0. The Bertz CT molecular complexity index is 520.